The van der Waals surface area contributed by atoms with Gasteiger partial charge < -0.3 is 0 Å². The topological polar surface area (TPSA) is 71.5 Å². The van der Waals surface area contributed by atoms with Crippen molar-refractivity contribution in [3.8, 4) is 0 Å². The van der Waals surface area contributed by atoms with Gasteiger partial charge in [0.05, 0.1) is 15.9 Å². The van der Waals surface area contributed by atoms with E-state index in [0.29, 0.717) is 5.56 Å². The van der Waals surface area contributed by atoms with E-state index in [-0.39, 0.29) is 36.6 Å². The molecular weight excluding hydrogens is 396 g/mol. The largest absolute Gasteiger partial charge is 0.223 e. The van der Waals surface area contributed by atoms with Crippen LogP contribution < -0.4 is 0 Å². The summed E-state index contributed by atoms with van der Waals surface area (Å²) in [5.74, 6) is -1.36. The van der Waals surface area contributed by atoms with Crippen molar-refractivity contribution >= 4 is 19.9 Å². The van der Waals surface area contributed by atoms with Crippen LogP contribution in [0.3, 0.4) is 0 Å². The molecule has 0 radical (unpaired) electrons. The molecule has 146 valence electrons. The molecule has 5 nitrogen and oxygen atoms in total. The maximum absolute atomic E-state index is 13.3. The lowest BCUT2D eigenvalue weighted by molar-refractivity contribution is 0.345. The van der Waals surface area contributed by atoms with Crippen molar-refractivity contribution in [2.24, 2.45) is 0 Å². The Hall–Kier alpha value is -1.84. The van der Waals surface area contributed by atoms with E-state index < -0.39 is 36.7 Å². The third-order valence-corrected chi connectivity index (χ3v) is 8.74. The molecule has 0 saturated carbocycles. The third-order valence-electron chi connectivity index (χ3n) is 4.61. The maximum Gasteiger partial charge on any atom is 0.218 e. The van der Waals surface area contributed by atoms with Gasteiger partial charge in [0.15, 0.2) is 9.84 Å². The first kappa shape index (κ1) is 19.9. The van der Waals surface area contributed by atoms with Gasteiger partial charge in [0, 0.05) is 13.1 Å². The zero-order chi connectivity index (χ0) is 19.7. The van der Waals surface area contributed by atoms with E-state index >= 15 is 0 Å². The van der Waals surface area contributed by atoms with Gasteiger partial charge in [0.2, 0.25) is 10.0 Å². The fourth-order valence-corrected chi connectivity index (χ4v) is 6.45. The SMILES string of the molecule is O=S(=O)(c1ccc(F)cc1)C1CCN(S(=O)(=O)Cc2cccc(F)c2)CC1. The first-order valence-electron chi connectivity index (χ1n) is 8.40. The van der Waals surface area contributed by atoms with E-state index in [1.165, 1.54) is 40.7 Å². The van der Waals surface area contributed by atoms with Crippen molar-refractivity contribution in [2.45, 2.75) is 28.7 Å². The highest BCUT2D eigenvalue weighted by molar-refractivity contribution is 7.92. The molecule has 1 fully saturated rings. The van der Waals surface area contributed by atoms with Crippen molar-refractivity contribution in [2.75, 3.05) is 13.1 Å². The van der Waals surface area contributed by atoms with Gasteiger partial charge in [0.1, 0.15) is 11.6 Å². The third kappa shape index (κ3) is 4.53. The molecule has 0 aromatic heterocycles. The van der Waals surface area contributed by atoms with Crippen LogP contribution in [0.4, 0.5) is 8.78 Å². The maximum atomic E-state index is 13.3. The molecule has 0 atom stereocenters. The van der Waals surface area contributed by atoms with Gasteiger partial charge in [-0.2, -0.15) is 0 Å². The minimum Gasteiger partial charge on any atom is -0.223 e. The number of benzene rings is 2. The molecule has 0 unspecified atom stereocenters. The van der Waals surface area contributed by atoms with Gasteiger partial charge in [-0.25, -0.2) is 29.9 Å². The molecule has 3 rings (SSSR count). The van der Waals surface area contributed by atoms with E-state index in [2.05, 4.69) is 0 Å². The Morgan fingerprint density at radius 3 is 2.11 bits per heavy atom. The van der Waals surface area contributed by atoms with Crippen molar-refractivity contribution in [3.05, 3.63) is 65.7 Å². The quantitative estimate of drug-likeness (QED) is 0.704. The van der Waals surface area contributed by atoms with Gasteiger partial charge in [0.25, 0.3) is 0 Å². The van der Waals surface area contributed by atoms with Gasteiger partial charge in [-0.1, -0.05) is 12.1 Å². The molecule has 9 heteroatoms. The van der Waals surface area contributed by atoms with E-state index in [4.69, 9.17) is 0 Å². The Morgan fingerprint density at radius 1 is 0.889 bits per heavy atom. The Morgan fingerprint density at radius 2 is 1.52 bits per heavy atom. The first-order valence-corrected chi connectivity index (χ1v) is 11.6. The molecule has 2 aromatic carbocycles. The summed E-state index contributed by atoms with van der Waals surface area (Å²) in [7, 11) is -7.32. The van der Waals surface area contributed by atoms with E-state index in [1.54, 1.807) is 0 Å². The molecule has 0 bridgehead atoms. The van der Waals surface area contributed by atoms with E-state index in [9.17, 15) is 25.6 Å². The highest BCUT2D eigenvalue weighted by Crippen LogP contribution is 2.26. The molecule has 1 saturated heterocycles. The van der Waals surface area contributed by atoms with Crippen molar-refractivity contribution in [3.63, 3.8) is 0 Å². The van der Waals surface area contributed by atoms with Crippen LogP contribution in [-0.2, 0) is 25.6 Å². The predicted octanol–water partition coefficient (Wildman–Crippen LogP) is 2.73. The molecule has 2 aromatic rings. The van der Waals surface area contributed by atoms with E-state index in [1.807, 2.05) is 0 Å². The average Bonchev–Trinajstić information content (AvgIpc) is 2.62. The second-order valence-electron chi connectivity index (χ2n) is 6.48. The fourth-order valence-electron chi connectivity index (χ4n) is 3.17. The highest BCUT2D eigenvalue weighted by Gasteiger charge is 2.35. The van der Waals surface area contributed by atoms with Crippen LogP contribution in [0.1, 0.15) is 18.4 Å². The first-order chi connectivity index (χ1) is 12.7. The number of halogens is 2. The second kappa shape index (κ2) is 7.65. The van der Waals surface area contributed by atoms with Crippen LogP contribution in [0, 0.1) is 11.6 Å². The minimum absolute atomic E-state index is 0.0324. The zero-order valence-electron chi connectivity index (χ0n) is 14.4. The van der Waals surface area contributed by atoms with Gasteiger partial charge >= 0.3 is 0 Å². The molecule has 1 aliphatic rings. The zero-order valence-corrected chi connectivity index (χ0v) is 16.0. The number of rotatable bonds is 5. The fraction of sp³-hybridized carbons (Fsp3) is 0.333. The van der Waals surface area contributed by atoms with Crippen LogP contribution in [0.2, 0.25) is 0 Å². The van der Waals surface area contributed by atoms with Crippen LogP contribution in [0.25, 0.3) is 0 Å². The Kier molecular flexibility index (Phi) is 5.64. The lowest BCUT2D eigenvalue weighted by atomic mass is 10.2. The van der Waals surface area contributed by atoms with Crippen molar-refractivity contribution < 1.29 is 25.6 Å². The molecule has 1 heterocycles. The molecule has 27 heavy (non-hydrogen) atoms. The van der Waals surface area contributed by atoms with Gasteiger partial charge in [-0.3, -0.25) is 0 Å². The summed E-state index contributed by atoms with van der Waals surface area (Å²) in [5.41, 5.74) is 0.344. The Bertz CT molecular complexity index is 1010. The van der Waals surface area contributed by atoms with Gasteiger partial charge in [-0.05, 0) is 54.8 Å². The monoisotopic (exact) mass is 415 g/mol. The number of sulfone groups is 1. The second-order valence-corrected chi connectivity index (χ2v) is 10.7. The number of piperidine rings is 1. The van der Waals surface area contributed by atoms with Crippen molar-refractivity contribution in [1.29, 1.82) is 0 Å². The van der Waals surface area contributed by atoms with Crippen molar-refractivity contribution in [1.82, 2.24) is 4.31 Å². The molecular formula is C18H19F2NO4S2. The normalized spacial score (nSPS) is 17.1. The smallest absolute Gasteiger partial charge is 0.218 e. The molecule has 1 aliphatic heterocycles. The number of nitrogens with zero attached hydrogens (tertiary/aromatic N) is 1. The molecule has 0 N–H and O–H groups in total. The Balaban J connectivity index is 1.68. The summed E-state index contributed by atoms with van der Waals surface area (Å²) in [6.45, 7) is 0.144. The summed E-state index contributed by atoms with van der Waals surface area (Å²) in [5, 5.41) is -0.719. The summed E-state index contributed by atoms with van der Waals surface area (Å²) >= 11 is 0. The molecule has 0 amide bonds. The minimum atomic E-state index is -3.67. The molecule has 0 spiro atoms. The predicted molar refractivity (Wildman–Crippen MR) is 97.2 cm³/mol. The lowest BCUT2D eigenvalue weighted by Crippen LogP contribution is -2.42. The highest BCUT2D eigenvalue weighted by atomic mass is 32.2. The Labute approximate surface area is 157 Å². The van der Waals surface area contributed by atoms with Crippen LogP contribution >= 0.6 is 0 Å². The van der Waals surface area contributed by atoms with E-state index in [0.717, 1.165) is 12.1 Å². The average molecular weight is 415 g/mol. The lowest BCUT2D eigenvalue weighted by Gasteiger charge is -2.31. The molecule has 0 aliphatic carbocycles. The standard InChI is InChI=1S/C18H19F2NO4S2/c19-15-4-6-17(7-5-15)27(24,25)18-8-10-21(11-9-18)26(22,23)13-14-2-1-3-16(20)12-14/h1-7,12,18H,8-11,13H2. The summed E-state index contributed by atoms with van der Waals surface area (Å²) in [6.07, 6.45) is 0.310. The van der Waals surface area contributed by atoms with Crippen LogP contribution in [0.15, 0.2) is 53.4 Å². The number of hydrogen-bond acceptors (Lipinski definition) is 4. The van der Waals surface area contributed by atoms with Crippen LogP contribution in [-0.4, -0.2) is 39.5 Å². The van der Waals surface area contributed by atoms with Crippen LogP contribution in [0.5, 0.6) is 0 Å². The number of sulfonamides is 1. The number of hydrogen-bond donors (Lipinski definition) is 0. The summed E-state index contributed by atoms with van der Waals surface area (Å²) < 4.78 is 77.9. The summed E-state index contributed by atoms with van der Waals surface area (Å²) in [6, 6.07) is 10.0. The van der Waals surface area contributed by atoms with Gasteiger partial charge in [-0.15, -0.1) is 0 Å². The summed E-state index contributed by atoms with van der Waals surface area (Å²) in [4.78, 5) is 0.0324.